The van der Waals surface area contributed by atoms with Crippen molar-refractivity contribution >= 4 is 5.78 Å². The van der Waals surface area contributed by atoms with Crippen molar-refractivity contribution in [3.8, 4) is 0 Å². The number of Topliss-reactive ketones (excluding diaryl/α,β-unsaturated/α-hetero) is 1. The van der Waals surface area contributed by atoms with Crippen LogP contribution in [0.15, 0.2) is 45.9 Å². The van der Waals surface area contributed by atoms with Crippen LogP contribution in [0, 0.1) is 0 Å². The third kappa shape index (κ3) is 1.13. The molecule has 0 saturated heterocycles. The van der Waals surface area contributed by atoms with Crippen LogP contribution in [0.2, 0.25) is 0 Å². The molecule has 1 aliphatic heterocycles. The maximum atomic E-state index is 11.3. The lowest BCUT2D eigenvalue weighted by Crippen LogP contribution is -2.07. The second-order valence-electron chi connectivity index (χ2n) is 2.69. The zero-order valence-electron chi connectivity index (χ0n) is 6.53. The molecule has 0 unspecified atom stereocenters. The highest BCUT2D eigenvalue weighted by molar-refractivity contribution is 6.00. The monoisotopic (exact) mass is 160 g/mol. The molecule has 0 fully saturated rings. The number of rotatable bonds is 0. The molecule has 0 atom stereocenters. The quantitative estimate of drug-likeness (QED) is 0.535. The molecular formula is C9H8N2O. The lowest BCUT2D eigenvalue weighted by atomic mass is 9.97. The molecule has 1 heterocycles. The number of hydrogen-bond donors (Lipinski definition) is 0. The molecule has 0 bridgehead atoms. The van der Waals surface area contributed by atoms with Gasteiger partial charge in [0.25, 0.3) is 0 Å². The zero-order chi connectivity index (χ0) is 8.39. The summed E-state index contributed by atoms with van der Waals surface area (Å²) in [5.41, 5.74) is 1.41. The minimum atomic E-state index is 0.165. The number of azo groups is 1. The summed E-state index contributed by atoms with van der Waals surface area (Å²) in [7, 11) is 0. The summed E-state index contributed by atoms with van der Waals surface area (Å²) in [5.74, 6) is 0.165. The van der Waals surface area contributed by atoms with Crippen LogP contribution in [-0.2, 0) is 4.79 Å². The van der Waals surface area contributed by atoms with E-state index in [2.05, 4.69) is 10.2 Å². The molecule has 60 valence electrons. The number of nitrogens with zero attached hydrogens (tertiary/aromatic N) is 2. The molecular weight excluding hydrogens is 152 g/mol. The minimum absolute atomic E-state index is 0.165. The number of fused-ring (bicyclic) bond motifs is 1. The highest BCUT2D eigenvalue weighted by atomic mass is 16.1. The van der Waals surface area contributed by atoms with Crippen LogP contribution in [-0.4, -0.2) is 5.78 Å². The van der Waals surface area contributed by atoms with Crippen molar-refractivity contribution in [3.05, 3.63) is 35.7 Å². The van der Waals surface area contributed by atoms with Crippen molar-refractivity contribution in [1.82, 2.24) is 0 Å². The smallest absolute Gasteiger partial charge is 0.165 e. The molecule has 0 radical (unpaired) electrons. The van der Waals surface area contributed by atoms with Crippen molar-refractivity contribution in [2.75, 3.05) is 0 Å². The lowest BCUT2D eigenvalue weighted by molar-refractivity contribution is -0.115. The first-order chi connectivity index (χ1) is 5.88. The van der Waals surface area contributed by atoms with Gasteiger partial charge < -0.3 is 0 Å². The third-order valence-electron chi connectivity index (χ3n) is 1.87. The van der Waals surface area contributed by atoms with Gasteiger partial charge in [-0.1, -0.05) is 6.08 Å². The average Bonchev–Trinajstić information content (AvgIpc) is 2.30. The van der Waals surface area contributed by atoms with Gasteiger partial charge in [-0.3, -0.25) is 4.79 Å². The van der Waals surface area contributed by atoms with E-state index in [0.29, 0.717) is 12.0 Å². The summed E-state index contributed by atoms with van der Waals surface area (Å²) in [6.07, 6.45) is 8.42. The third-order valence-corrected chi connectivity index (χ3v) is 1.87. The van der Waals surface area contributed by atoms with E-state index in [9.17, 15) is 4.79 Å². The van der Waals surface area contributed by atoms with Gasteiger partial charge in [-0.15, -0.1) is 0 Å². The van der Waals surface area contributed by atoms with Crippen LogP contribution in [0.3, 0.4) is 0 Å². The van der Waals surface area contributed by atoms with Crippen molar-refractivity contribution < 1.29 is 4.79 Å². The molecule has 0 N–H and O–H groups in total. The summed E-state index contributed by atoms with van der Waals surface area (Å²) in [6.45, 7) is 0. The average molecular weight is 160 g/mol. The van der Waals surface area contributed by atoms with Crippen LogP contribution in [0.5, 0.6) is 0 Å². The summed E-state index contributed by atoms with van der Waals surface area (Å²) in [5, 5.41) is 7.67. The Bertz CT molecular complexity index is 334. The fourth-order valence-electron chi connectivity index (χ4n) is 1.27. The predicted octanol–water partition coefficient (Wildman–Crippen LogP) is 2.14. The van der Waals surface area contributed by atoms with E-state index in [1.807, 2.05) is 6.08 Å². The Hall–Kier alpha value is -1.51. The van der Waals surface area contributed by atoms with Crippen molar-refractivity contribution in [2.45, 2.75) is 12.8 Å². The molecule has 0 aromatic carbocycles. The van der Waals surface area contributed by atoms with Crippen molar-refractivity contribution in [1.29, 1.82) is 0 Å². The van der Waals surface area contributed by atoms with Crippen LogP contribution in [0.1, 0.15) is 12.8 Å². The Kier molecular flexibility index (Phi) is 1.70. The molecule has 0 amide bonds. The summed E-state index contributed by atoms with van der Waals surface area (Å²) < 4.78 is 0. The van der Waals surface area contributed by atoms with Gasteiger partial charge in [0.05, 0.1) is 5.70 Å². The Balaban J connectivity index is 2.48. The van der Waals surface area contributed by atoms with Crippen LogP contribution < -0.4 is 0 Å². The van der Waals surface area contributed by atoms with E-state index in [1.165, 1.54) is 0 Å². The van der Waals surface area contributed by atoms with E-state index in [-0.39, 0.29) is 5.78 Å². The molecule has 1 aliphatic carbocycles. The Morgan fingerprint density at radius 3 is 3.25 bits per heavy atom. The minimum Gasteiger partial charge on any atom is -0.294 e. The normalized spacial score (nSPS) is 21.2. The molecule has 3 nitrogen and oxygen atoms in total. The highest BCUT2D eigenvalue weighted by Crippen LogP contribution is 2.23. The van der Waals surface area contributed by atoms with Crippen LogP contribution >= 0.6 is 0 Å². The number of carbonyl (C=O) groups is 1. The Morgan fingerprint density at radius 2 is 2.33 bits per heavy atom. The Morgan fingerprint density at radius 1 is 1.42 bits per heavy atom. The molecule has 2 aliphatic rings. The number of carbonyl (C=O) groups excluding carboxylic acids is 1. The van der Waals surface area contributed by atoms with Crippen LogP contribution in [0.25, 0.3) is 0 Å². The molecule has 2 rings (SSSR count). The van der Waals surface area contributed by atoms with Gasteiger partial charge in [0.2, 0.25) is 0 Å². The number of ketones is 1. The molecule has 12 heavy (non-hydrogen) atoms. The van der Waals surface area contributed by atoms with E-state index in [1.54, 1.807) is 18.4 Å². The second-order valence-corrected chi connectivity index (χ2v) is 2.69. The van der Waals surface area contributed by atoms with Gasteiger partial charge in [-0.05, 0) is 18.6 Å². The first-order valence-electron chi connectivity index (χ1n) is 3.89. The zero-order valence-corrected chi connectivity index (χ0v) is 6.53. The van der Waals surface area contributed by atoms with E-state index < -0.39 is 0 Å². The van der Waals surface area contributed by atoms with Gasteiger partial charge in [0.15, 0.2) is 5.78 Å². The summed E-state index contributed by atoms with van der Waals surface area (Å²) >= 11 is 0. The highest BCUT2D eigenvalue weighted by Gasteiger charge is 2.18. The summed E-state index contributed by atoms with van der Waals surface area (Å²) in [6, 6.07) is 0. The molecule has 0 aromatic heterocycles. The van der Waals surface area contributed by atoms with E-state index in [0.717, 1.165) is 12.1 Å². The molecule has 0 aromatic rings. The lowest BCUT2D eigenvalue weighted by Gasteiger charge is -2.09. The fourth-order valence-corrected chi connectivity index (χ4v) is 1.27. The number of hydrogen-bond acceptors (Lipinski definition) is 3. The van der Waals surface area contributed by atoms with E-state index in [4.69, 9.17) is 0 Å². The molecule has 0 spiro atoms. The first kappa shape index (κ1) is 7.16. The standard InChI is InChI=1S/C9H8N2O/c12-9-5-1-4-8-7(9)3-2-6-10-11-8/h2-4,6H,1,5H2. The second kappa shape index (κ2) is 2.85. The topological polar surface area (TPSA) is 41.8 Å². The first-order valence-corrected chi connectivity index (χ1v) is 3.89. The van der Waals surface area contributed by atoms with E-state index >= 15 is 0 Å². The van der Waals surface area contributed by atoms with Crippen molar-refractivity contribution in [2.24, 2.45) is 10.2 Å². The summed E-state index contributed by atoms with van der Waals surface area (Å²) in [4.78, 5) is 11.3. The molecule has 0 saturated carbocycles. The number of allylic oxidation sites excluding steroid dienone is 4. The van der Waals surface area contributed by atoms with Gasteiger partial charge in [0.1, 0.15) is 0 Å². The van der Waals surface area contributed by atoms with Gasteiger partial charge >= 0.3 is 0 Å². The van der Waals surface area contributed by atoms with Crippen molar-refractivity contribution in [3.63, 3.8) is 0 Å². The van der Waals surface area contributed by atoms with Crippen LogP contribution in [0.4, 0.5) is 0 Å². The maximum Gasteiger partial charge on any atom is 0.165 e. The van der Waals surface area contributed by atoms with Gasteiger partial charge in [-0.25, -0.2) is 0 Å². The maximum absolute atomic E-state index is 11.3. The SMILES string of the molecule is O=C1CCC=C2N=NC=CC=C12. The molecule has 3 heteroatoms. The largest absolute Gasteiger partial charge is 0.294 e. The van der Waals surface area contributed by atoms with Gasteiger partial charge in [-0.2, -0.15) is 10.2 Å². The fraction of sp³-hybridized carbons (Fsp3) is 0.222. The Labute approximate surface area is 70.2 Å². The predicted molar refractivity (Wildman–Crippen MR) is 44.4 cm³/mol. The van der Waals surface area contributed by atoms with Gasteiger partial charge in [0, 0.05) is 18.2 Å².